The van der Waals surface area contributed by atoms with Crippen LogP contribution in [0.3, 0.4) is 0 Å². The van der Waals surface area contributed by atoms with Crippen LogP contribution in [0.15, 0.2) is 58.2 Å². The van der Waals surface area contributed by atoms with Gasteiger partial charge in [0.25, 0.3) is 5.22 Å². The summed E-state index contributed by atoms with van der Waals surface area (Å²) < 4.78 is 10.8. The van der Waals surface area contributed by atoms with Crippen LogP contribution in [0.5, 0.6) is 5.75 Å². The molecule has 0 fully saturated rings. The lowest BCUT2D eigenvalue weighted by Crippen LogP contribution is -2.06. The van der Waals surface area contributed by atoms with Crippen molar-refractivity contribution in [3.63, 3.8) is 0 Å². The average Bonchev–Trinajstić information content (AvgIpc) is 3.10. The number of para-hydroxylation sites is 2. The molecular formula is C18H16N6O2S. The van der Waals surface area contributed by atoms with E-state index in [9.17, 15) is 0 Å². The second kappa shape index (κ2) is 7.50. The molecule has 0 radical (unpaired) electrons. The lowest BCUT2D eigenvalue weighted by Gasteiger charge is -2.07. The van der Waals surface area contributed by atoms with Crippen LogP contribution in [0.4, 0.5) is 17.6 Å². The molecule has 0 atom stereocenters. The molecule has 8 nitrogen and oxygen atoms in total. The molecule has 136 valence electrons. The minimum atomic E-state index is 0.147. The topological polar surface area (TPSA) is 112 Å². The number of aromatic nitrogens is 4. The van der Waals surface area contributed by atoms with E-state index in [0.29, 0.717) is 22.7 Å². The molecule has 0 aliphatic heterocycles. The molecular weight excluding hydrogens is 364 g/mol. The Bertz CT molecular complexity index is 1030. The Morgan fingerprint density at radius 3 is 2.63 bits per heavy atom. The van der Waals surface area contributed by atoms with Crippen molar-refractivity contribution in [1.82, 2.24) is 19.9 Å². The van der Waals surface area contributed by atoms with Gasteiger partial charge in [-0.2, -0.15) is 15.0 Å². The minimum absolute atomic E-state index is 0.147. The predicted octanol–water partition coefficient (Wildman–Crippen LogP) is 3.64. The van der Waals surface area contributed by atoms with Crippen molar-refractivity contribution in [3.8, 4) is 5.75 Å². The molecule has 4 rings (SSSR count). The van der Waals surface area contributed by atoms with Gasteiger partial charge in [0.1, 0.15) is 17.1 Å². The number of oxazole rings is 1. The van der Waals surface area contributed by atoms with Gasteiger partial charge in [0.2, 0.25) is 11.9 Å². The number of benzene rings is 2. The largest absolute Gasteiger partial charge is 0.497 e. The number of anilines is 3. The summed E-state index contributed by atoms with van der Waals surface area (Å²) in [6, 6.07) is 15.0. The van der Waals surface area contributed by atoms with E-state index < -0.39 is 0 Å². The van der Waals surface area contributed by atoms with E-state index in [1.165, 1.54) is 11.8 Å². The molecule has 0 bridgehead atoms. The highest BCUT2D eigenvalue weighted by atomic mass is 32.2. The summed E-state index contributed by atoms with van der Waals surface area (Å²) in [6.45, 7) is 0. The van der Waals surface area contributed by atoms with E-state index in [1.807, 2.05) is 48.5 Å². The van der Waals surface area contributed by atoms with Crippen LogP contribution in [0, 0.1) is 0 Å². The third-order valence-corrected chi connectivity index (χ3v) is 4.47. The van der Waals surface area contributed by atoms with Crippen molar-refractivity contribution in [2.24, 2.45) is 0 Å². The molecule has 0 amide bonds. The summed E-state index contributed by atoms with van der Waals surface area (Å²) in [7, 11) is 1.62. The van der Waals surface area contributed by atoms with Crippen LogP contribution >= 0.6 is 11.8 Å². The van der Waals surface area contributed by atoms with E-state index in [4.69, 9.17) is 14.9 Å². The summed E-state index contributed by atoms with van der Waals surface area (Å²) in [5.41, 5.74) is 8.20. The number of hydrogen-bond donors (Lipinski definition) is 2. The summed E-state index contributed by atoms with van der Waals surface area (Å²) in [6.07, 6.45) is 0. The first-order valence-corrected chi connectivity index (χ1v) is 9.08. The maximum atomic E-state index is 5.82. The first kappa shape index (κ1) is 17.1. The second-order valence-electron chi connectivity index (χ2n) is 5.52. The zero-order chi connectivity index (χ0) is 18.6. The SMILES string of the molecule is COc1ccc(Nc2nc(N)nc(CSc3nc4ccccc4o3)n2)cc1. The highest BCUT2D eigenvalue weighted by Crippen LogP contribution is 2.26. The fourth-order valence-corrected chi connectivity index (χ4v) is 3.09. The van der Waals surface area contributed by atoms with Gasteiger partial charge in [-0.3, -0.25) is 0 Å². The number of hydrogen-bond acceptors (Lipinski definition) is 9. The van der Waals surface area contributed by atoms with Crippen molar-refractivity contribution in [2.45, 2.75) is 11.0 Å². The van der Waals surface area contributed by atoms with Gasteiger partial charge in [0.15, 0.2) is 5.58 Å². The van der Waals surface area contributed by atoms with E-state index in [2.05, 4.69) is 25.3 Å². The number of nitrogens with two attached hydrogens (primary N) is 1. The van der Waals surface area contributed by atoms with Crippen LogP contribution in [0.2, 0.25) is 0 Å². The van der Waals surface area contributed by atoms with Crippen LogP contribution in [-0.4, -0.2) is 27.0 Å². The zero-order valence-corrected chi connectivity index (χ0v) is 15.2. The van der Waals surface area contributed by atoms with Gasteiger partial charge in [-0.05, 0) is 36.4 Å². The van der Waals surface area contributed by atoms with E-state index in [0.717, 1.165) is 22.5 Å². The van der Waals surface area contributed by atoms with E-state index >= 15 is 0 Å². The van der Waals surface area contributed by atoms with Crippen molar-refractivity contribution >= 4 is 40.4 Å². The summed E-state index contributed by atoms with van der Waals surface area (Å²) in [5.74, 6) is 2.28. The molecule has 2 aromatic heterocycles. The number of rotatable bonds is 6. The summed E-state index contributed by atoms with van der Waals surface area (Å²) in [5, 5.41) is 3.67. The number of nitrogen functional groups attached to an aromatic ring is 1. The van der Waals surface area contributed by atoms with Crippen molar-refractivity contribution < 1.29 is 9.15 Å². The predicted molar refractivity (Wildman–Crippen MR) is 104 cm³/mol. The van der Waals surface area contributed by atoms with Gasteiger partial charge in [-0.15, -0.1) is 0 Å². The molecule has 0 saturated heterocycles. The third kappa shape index (κ3) is 4.09. The van der Waals surface area contributed by atoms with Crippen molar-refractivity contribution in [2.75, 3.05) is 18.2 Å². The second-order valence-corrected chi connectivity index (χ2v) is 6.45. The van der Waals surface area contributed by atoms with Crippen LogP contribution < -0.4 is 15.8 Å². The number of nitrogens with zero attached hydrogens (tertiary/aromatic N) is 4. The molecule has 2 aromatic carbocycles. The molecule has 27 heavy (non-hydrogen) atoms. The van der Waals surface area contributed by atoms with Gasteiger partial charge in [-0.25, -0.2) is 4.98 Å². The van der Waals surface area contributed by atoms with Gasteiger partial charge in [-0.1, -0.05) is 23.9 Å². The fourth-order valence-electron chi connectivity index (χ4n) is 2.40. The molecule has 0 unspecified atom stereocenters. The standard InChI is InChI=1S/C18H16N6O2S/c1-25-12-8-6-11(7-9-12)20-17-23-15(22-16(19)24-17)10-27-18-21-13-4-2-3-5-14(13)26-18/h2-9H,10H2,1H3,(H3,19,20,22,23,24). The maximum absolute atomic E-state index is 5.82. The first-order chi connectivity index (χ1) is 13.2. The number of ether oxygens (including phenoxy) is 1. The van der Waals surface area contributed by atoms with E-state index in [-0.39, 0.29) is 5.95 Å². The van der Waals surface area contributed by atoms with Gasteiger partial charge in [0, 0.05) is 5.69 Å². The number of thioether (sulfide) groups is 1. The smallest absolute Gasteiger partial charge is 0.257 e. The Labute approximate surface area is 159 Å². The number of nitrogens with one attached hydrogen (secondary N) is 1. The monoisotopic (exact) mass is 380 g/mol. The number of fused-ring (bicyclic) bond motifs is 1. The van der Waals surface area contributed by atoms with Crippen molar-refractivity contribution in [1.29, 1.82) is 0 Å². The Balaban J connectivity index is 1.47. The van der Waals surface area contributed by atoms with E-state index in [1.54, 1.807) is 7.11 Å². The maximum Gasteiger partial charge on any atom is 0.257 e. The number of methoxy groups -OCH3 is 1. The molecule has 0 aliphatic carbocycles. The summed E-state index contributed by atoms with van der Waals surface area (Å²) >= 11 is 1.40. The Hall–Kier alpha value is -3.33. The van der Waals surface area contributed by atoms with Gasteiger partial charge < -0.3 is 20.2 Å². The average molecular weight is 380 g/mol. The van der Waals surface area contributed by atoms with Gasteiger partial charge >= 0.3 is 0 Å². The van der Waals surface area contributed by atoms with Crippen molar-refractivity contribution in [3.05, 3.63) is 54.4 Å². The molecule has 0 spiro atoms. The Morgan fingerprint density at radius 1 is 1.04 bits per heavy atom. The normalized spacial score (nSPS) is 10.9. The lowest BCUT2D eigenvalue weighted by atomic mass is 10.3. The Kier molecular flexibility index (Phi) is 4.75. The molecule has 2 heterocycles. The lowest BCUT2D eigenvalue weighted by molar-refractivity contribution is 0.415. The molecule has 4 aromatic rings. The quantitative estimate of drug-likeness (QED) is 0.484. The van der Waals surface area contributed by atoms with Crippen LogP contribution in [-0.2, 0) is 5.75 Å². The molecule has 0 saturated carbocycles. The molecule has 3 N–H and O–H groups in total. The van der Waals surface area contributed by atoms with Gasteiger partial charge in [0.05, 0.1) is 12.9 Å². The van der Waals surface area contributed by atoms with Crippen LogP contribution in [0.1, 0.15) is 5.82 Å². The highest BCUT2D eigenvalue weighted by Gasteiger charge is 2.10. The molecule has 9 heteroatoms. The first-order valence-electron chi connectivity index (χ1n) is 8.09. The fraction of sp³-hybridized carbons (Fsp3) is 0.111. The third-order valence-electron chi connectivity index (χ3n) is 3.64. The summed E-state index contributed by atoms with van der Waals surface area (Å²) in [4.78, 5) is 17.1. The van der Waals surface area contributed by atoms with Crippen LogP contribution in [0.25, 0.3) is 11.1 Å². The molecule has 0 aliphatic rings. The highest BCUT2D eigenvalue weighted by molar-refractivity contribution is 7.98. The minimum Gasteiger partial charge on any atom is -0.497 e. The Morgan fingerprint density at radius 2 is 1.85 bits per heavy atom. The zero-order valence-electron chi connectivity index (χ0n) is 14.4.